The second-order valence-corrected chi connectivity index (χ2v) is 27.9. The maximum Gasteiger partial charge on any atom is 0.326 e. The van der Waals surface area contributed by atoms with Crippen molar-refractivity contribution < 1.29 is 117 Å². The second kappa shape index (κ2) is 46.7. The SMILES string of the molecule is CC(C)C[C@H](NC(=O)[C@H](CC(N)=O)NC(=O)[C@@H]1CCCN1C(=O)[C@@H](NC(=O)[C@@H](NC(=O)[C@H](CCC(=O)O)NC(=O)[C@H](Cc1ccc(O)cc1)NC(=O)[C@H](CCCCN)NC(=O)[C@H](Cc1ccccc1)NC(=O)[C@H](CO)NC(=O)[C@H](Cc1ccc(O)cc1)NC(=O)CNC(=O)CNC(=O)[C@@H](N)CC(=O)O)[C@@H](C)O)C(C)C)C(=O)O. The highest BCUT2D eigenvalue weighted by Crippen LogP contribution is 2.22. The first-order valence-corrected chi connectivity index (χ1v) is 36.5. The molecule has 0 aliphatic carbocycles. The lowest BCUT2D eigenvalue weighted by Crippen LogP contribution is -2.63. The van der Waals surface area contributed by atoms with E-state index in [1.54, 1.807) is 44.2 Å². The number of rotatable bonds is 48. The quantitative estimate of drug-likeness (QED) is 0.0234. The summed E-state index contributed by atoms with van der Waals surface area (Å²) in [6.07, 6.45) is -5.39. The van der Waals surface area contributed by atoms with Crippen LogP contribution in [0.2, 0.25) is 0 Å². The molecule has 1 aliphatic rings. The molecule has 620 valence electrons. The van der Waals surface area contributed by atoms with Gasteiger partial charge < -0.3 is 122 Å². The molecule has 25 N–H and O–H groups in total. The number of aliphatic hydroxyl groups excluding tert-OH is 2. The summed E-state index contributed by atoms with van der Waals surface area (Å²) in [6, 6.07) is -1.03. The lowest BCUT2D eigenvalue weighted by Gasteiger charge is -2.32. The Balaban J connectivity index is 1.61. The molecule has 0 radical (unpaired) electrons. The number of unbranched alkanes of at least 4 members (excludes halogenated alkanes) is 1. The number of phenols is 2. The molecule has 113 heavy (non-hydrogen) atoms. The highest BCUT2D eigenvalue weighted by Gasteiger charge is 2.43. The molecule has 40 nitrogen and oxygen atoms in total. The van der Waals surface area contributed by atoms with Gasteiger partial charge in [0, 0.05) is 32.2 Å². The molecule has 0 aromatic heterocycles. The Bertz CT molecular complexity index is 3810. The molecule has 1 aliphatic heterocycles. The van der Waals surface area contributed by atoms with Gasteiger partial charge in [-0.25, -0.2) is 4.79 Å². The summed E-state index contributed by atoms with van der Waals surface area (Å²) in [5.74, 6) is -20.3. The number of nitrogens with one attached hydrogen (secondary N) is 12. The van der Waals surface area contributed by atoms with E-state index in [9.17, 15) is 112 Å². The summed E-state index contributed by atoms with van der Waals surface area (Å²) in [5, 5.41) is 99.0. The van der Waals surface area contributed by atoms with Crippen molar-refractivity contribution >= 4 is 101 Å². The minimum absolute atomic E-state index is 0.00784. The van der Waals surface area contributed by atoms with Gasteiger partial charge in [0.2, 0.25) is 82.7 Å². The van der Waals surface area contributed by atoms with Crippen LogP contribution in [0.1, 0.15) is 116 Å². The van der Waals surface area contributed by atoms with E-state index in [0.717, 1.165) is 11.8 Å². The number of nitrogens with zero attached hydrogens (tertiary/aromatic N) is 1. The summed E-state index contributed by atoms with van der Waals surface area (Å²) in [5.41, 5.74) is 17.8. The fourth-order valence-corrected chi connectivity index (χ4v) is 11.7. The van der Waals surface area contributed by atoms with Crippen LogP contribution in [-0.4, -0.2) is 253 Å². The van der Waals surface area contributed by atoms with Gasteiger partial charge >= 0.3 is 17.9 Å². The van der Waals surface area contributed by atoms with Gasteiger partial charge in [0.25, 0.3) is 0 Å². The van der Waals surface area contributed by atoms with E-state index in [-0.39, 0.29) is 87.4 Å². The van der Waals surface area contributed by atoms with E-state index in [2.05, 4.69) is 63.8 Å². The van der Waals surface area contributed by atoms with Crippen molar-refractivity contribution in [2.75, 3.05) is 32.8 Å². The van der Waals surface area contributed by atoms with Gasteiger partial charge in [-0.05, 0) is 111 Å². The molecule has 3 aromatic rings. The lowest BCUT2D eigenvalue weighted by molar-refractivity contribution is -0.145. The Morgan fingerprint density at radius 1 is 0.487 bits per heavy atom. The first-order chi connectivity index (χ1) is 53.3. The molecular formula is C73H104N16O24. The van der Waals surface area contributed by atoms with E-state index < -0.39 is 237 Å². The zero-order valence-electron chi connectivity index (χ0n) is 63.1. The molecule has 0 unspecified atom stereocenters. The van der Waals surface area contributed by atoms with Crippen molar-refractivity contribution in [2.24, 2.45) is 29.0 Å². The number of carbonyl (C=O) groups is 17. The average molecular weight is 1590 g/mol. The van der Waals surface area contributed by atoms with Gasteiger partial charge in [-0.3, -0.25) is 76.7 Å². The van der Waals surface area contributed by atoms with E-state index in [4.69, 9.17) is 22.3 Å². The van der Waals surface area contributed by atoms with Crippen molar-refractivity contribution in [3.63, 3.8) is 0 Å². The summed E-state index contributed by atoms with van der Waals surface area (Å²) >= 11 is 0. The Morgan fingerprint density at radius 2 is 0.947 bits per heavy atom. The third-order valence-electron chi connectivity index (χ3n) is 17.7. The predicted octanol–water partition coefficient (Wildman–Crippen LogP) is -5.97. The molecule has 0 spiro atoms. The third kappa shape index (κ3) is 32.5. The number of carbonyl (C=O) groups excluding carboxylic acids is 14. The Kier molecular flexibility index (Phi) is 38.6. The van der Waals surface area contributed by atoms with Crippen molar-refractivity contribution in [3.05, 3.63) is 95.6 Å². The van der Waals surface area contributed by atoms with Crippen molar-refractivity contribution in [2.45, 2.75) is 197 Å². The van der Waals surface area contributed by atoms with Crippen molar-refractivity contribution in [1.82, 2.24) is 68.7 Å². The van der Waals surface area contributed by atoms with Gasteiger partial charge in [-0.1, -0.05) is 82.3 Å². The number of aromatic hydroxyl groups is 2. The standard InChI is InChI=1S/C73H104N16O24/c1-37(2)28-52(73(112)113)85-68(107)51(33-55(76)94)84-70(109)54-15-11-27-89(54)72(111)60(38(3)4)87-71(110)61(39(5)91)88-64(103)47(24-25-58(97)98)81-67(106)50(31-42-18-22-44(93)23-19-42)82-63(102)46(14-9-10-26-74)80-66(105)49(29-40-12-7-6-8-13-40)83-69(108)53(36-90)86-65(104)48(30-41-16-20-43(92)21-17-41)79-57(96)35-77-56(95)34-78-62(101)45(75)32-59(99)100/h6-8,12-13,16-23,37-39,45-54,60-61,90-93H,9-11,14-15,24-36,74-75H2,1-5H3,(H2,76,94)(H,77,95)(H,78,101)(H,79,96)(H,80,105)(H,81,106)(H,82,102)(H,83,108)(H,84,109)(H,85,107)(H,86,104)(H,87,110)(H,88,103)(H,97,98)(H,99,100)(H,112,113)/t39-,45+,46+,47+,48+,49+,50+,51+,52+,53+,54+,60+,61+/m1/s1. The zero-order valence-corrected chi connectivity index (χ0v) is 63.1. The second-order valence-electron chi connectivity index (χ2n) is 27.9. The van der Waals surface area contributed by atoms with Crippen LogP contribution < -0.4 is 81.0 Å². The molecule has 0 bridgehead atoms. The summed E-state index contributed by atoms with van der Waals surface area (Å²) in [4.78, 5) is 230. The number of amides is 14. The highest BCUT2D eigenvalue weighted by atomic mass is 16.4. The minimum atomic E-state index is -1.96. The fourth-order valence-electron chi connectivity index (χ4n) is 11.7. The Labute approximate surface area is 649 Å². The van der Waals surface area contributed by atoms with E-state index in [0.29, 0.717) is 11.1 Å². The fraction of sp³-hybridized carbons (Fsp3) is 0.521. The van der Waals surface area contributed by atoms with Crippen molar-refractivity contribution in [3.8, 4) is 11.5 Å². The normalized spacial score (nSPS) is 15.6. The third-order valence-corrected chi connectivity index (χ3v) is 17.7. The molecule has 0 saturated carbocycles. The van der Waals surface area contributed by atoms with Gasteiger partial charge in [0.1, 0.15) is 78.0 Å². The Hall–Kier alpha value is -11.9. The molecule has 1 saturated heterocycles. The number of nitrogens with two attached hydrogens (primary N) is 3. The molecule has 4 rings (SSSR count). The molecule has 1 heterocycles. The van der Waals surface area contributed by atoms with Crippen LogP contribution in [-0.2, 0) is 101 Å². The Morgan fingerprint density at radius 3 is 1.43 bits per heavy atom. The number of carboxylic acid groups (broad SMARTS) is 3. The van der Waals surface area contributed by atoms with Crippen molar-refractivity contribution in [1.29, 1.82) is 0 Å². The largest absolute Gasteiger partial charge is 0.508 e. The molecular weight excluding hydrogens is 1480 g/mol. The molecule has 1 fully saturated rings. The number of hydrogen-bond acceptors (Lipinski definition) is 23. The highest BCUT2D eigenvalue weighted by molar-refractivity contribution is 6.01. The van der Waals surface area contributed by atoms with Crippen LogP contribution in [0, 0.1) is 11.8 Å². The van der Waals surface area contributed by atoms with Crippen LogP contribution in [0.25, 0.3) is 0 Å². The van der Waals surface area contributed by atoms with E-state index in [1.165, 1.54) is 62.4 Å². The molecule has 40 heteroatoms. The zero-order chi connectivity index (χ0) is 84.3. The number of carboxylic acids is 3. The van der Waals surface area contributed by atoms with Crippen LogP contribution in [0.15, 0.2) is 78.9 Å². The smallest absolute Gasteiger partial charge is 0.326 e. The number of likely N-dealkylation sites (tertiary alicyclic amines) is 1. The van der Waals surface area contributed by atoms with Crippen LogP contribution in [0.3, 0.4) is 0 Å². The predicted molar refractivity (Wildman–Crippen MR) is 398 cm³/mol. The van der Waals surface area contributed by atoms with E-state index in [1.807, 2.05) is 0 Å². The van der Waals surface area contributed by atoms with Crippen LogP contribution in [0.4, 0.5) is 0 Å². The van der Waals surface area contributed by atoms with Gasteiger partial charge in [0.15, 0.2) is 0 Å². The molecule has 13 atom stereocenters. The number of hydrogen-bond donors (Lipinski definition) is 22. The number of benzene rings is 3. The van der Waals surface area contributed by atoms with Gasteiger partial charge in [-0.2, -0.15) is 0 Å². The average Bonchev–Trinajstić information content (AvgIpc) is 1.33. The van der Waals surface area contributed by atoms with Crippen LogP contribution >= 0.6 is 0 Å². The number of phenolic OH excluding ortho intramolecular Hbond substituents is 2. The maximum absolute atomic E-state index is 14.8. The number of aliphatic hydroxyl groups is 2. The number of primary amides is 1. The lowest BCUT2D eigenvalue weighted by atomic mass is 10.00. The maximum atomic E-state index is 14.8. The van der Waals surface area contributed by atoms with Gasteiger partial charge in [-0.15, -0.1) is 0 Å². The topological polar surface area (TPSA) is 657 Å². The first-order valence-electron chi connectivity index (χ1n) is 36.5. The van der Waals surface area contributed by atoms with E-state index >= 15 is 0 Å². The molecule has 3 aromatic carbocycles. The summed E-state index contributed by atoms with van der Waals surface area (Å²) in [7, 11) is 0. The molecule has 14 amide bonds. The first kappa shape index (κ1) is 93.5. The van der Waals surface area contributed by atoms with Crippen LogP contribution in [0.5, 0.6) is 11.5 Å². The number of aliphatic carboxylic acids is 3. The summed E-state index contributed by atoms with van der Waals surface area (Å²) < 4.78 is 0. The van der Waals surface area contributed by atoms with Gasteiger partial charge in [0.05, 0.1) is 44.7 Å². The minimum Gasteiger partial charge on any atom is -0.508 e. The summed E-state index contributed by atoms with van der Waals surface area (Å²) in [6.45, 7) is 4.92. The monoisotopic (exact) mass is 1590 g/mol.